The Balaban J connectivity index is 2.75. The van der Waals surface area contributed by atoms with Crippen molar-refractivity contribution in [2.24, 2.45) is 0 Å². The minimum atomic E-state index is -1.46. The molecule has 0 aliphatic rings. The topological polar surface area (TPSA) is 67.5 Å². The van der Waals surface area contributed by atoms with Gasteiger partial charge in [0.25, 0.3) is 5.78 Å². The van der Waals surface area contributed by atoms with Gasteiger partial charge in [-0.15, -0.1) is 0 Å². The minimum Gasteiger partial charge on any atom is -0.475 e. The molecule has 0 fully saturated rings. The molecule has 0 aliphatic carbocycles. The van der Waals surface area contributed by atoms with E-state index in [1.54, 1.807) is 19.1 Å². The van der Waals surface area contributed by atoms with Crippen LogP contribution in [0.3, 0.4) is 0 Å². The van der Waals surface area contributed by atoms with Gasteiger partial charge in [-0.3, -0.25) is 4.79 Å². The van der Waals surface area contributed by atoms with Gasteiger partial charge < -0.3 is 9.52 Å². The van der Waals surface area contributed by atoms with E-state index in [4.69, 9.17) is 9.52 Å². The van der Waals surface area contributed by atoms with E-state index in [2.05, 4.69) is 0 Å². The number of ketones is 1. The average molecular weight is 204 g/mol. The number of furan rings is 1. The third kappa shape index (κ3) is 1.40. The van der Waals surface area contributed by atoms with Gasteiger partial charge in [0.15, 0.2) is 0 Å². The number of aryl methyl sites for hydroxylation is 1. The number of hydrogen-bond donors (Lipinski definition) is 1. The smallest absolute Gasteiger partial charge is 0.377 e. The van der Waals surface area contributed by atoms with E-state index < -0.39 is 11.8 Å². The predicted molar refractivity (Wildman–Crippen MR) is 52.9 cm³/mol. The van der Waals surface area contributed by atoms with Crippen LogP contribution in [0.5, 0.6) is 0 Å². The number of benzene rings is 1. The van der Waals surface area contributed by atoms with Crippen LogP contribution in [0, 0.1) is 6.92 Å². The first kappa shape index (κ1) is 9.45. The van der Waals surface area contributed by atoms with Crippen LogP contribution < -0.4 is 0 Å². The maximum atomic E-state index is 11.4. The maximum Gasteiger partial charge on any atom is 0.377 e. The van der Waals surface area contributed by atoms with Gasteiger partial charge >= 0.3 is 5.97 Å². The molecule has 1 N–H and O–H groups in total. The molecule has 0 radical (unpaired) electrons. The quantitative estimate of drug-likeness (QED) is 0.600. The van der Waals surface area contributed by atoms with Crippen LogP contribution in [0.1, 0.15) is 15.9 Å². The molecule has 4 heteroatoms. The molecule has 0 amide bonds. The van der Waals surface area contributed by atoms with Crippen molar-refractivity contribution >= 4 is 22.7 Å². The lowest BCUT2D eigenvalue weighted by Gasteiger charge is -1.98. The fourth-order valence-corrected chi connectivity index (χ4v) is 1.55. The van der Waals surface area contributed by atoms with Crippen molar-refractivity contribution in [1.82, 2.24) is 0 Å². The molecular formula is C11H8O4. The van der Waals surface area contributed by atoms with Crippen LogP contribution in [-0.2, 0) is 4.79 Å². The lowest BCUT2D eigenvalue weighted by atomic mass is 10.0. The van der Waals surface area contributed by atoms with E-state index >= 15 is 0 Å². The number of carbonyl (C=O) groups is 2. The number of fused-ring (bicyclic) bond motifs is 1. The average Bonchev–Trinajstić information content (AvgIpc) is 2.59. The second-order valence-electron chi connectivity index (χ2n) is 3.23. The standard InChI is InChI=1S/C11H8O4/c1-6-5-15-8-4-2-3-7(9(6)8)10(12)11(13)14/h2-5H,1H3,(H,13,14). The number of carboxylic acid groups (broad SMARTS) is 1. The zero-order valence-electron chi connectivity index (χ0n) is 7.98. The van der Waals surface area contributed by atoms with E-state index in [-0.39, 0.29) is 5.56 Å². The number of aliphatic carboxylic acids is 1. The summed E-state index contributed by atoms with van der Waals surface area (Å²) in [6, 6.07) is 4.78. The maximum absolute atomic E-state index is 11.4. The lowest BCUT2D eigenvalue weighted by molar-refractivity contribution is -0.131. The van der Waals surface area contributed by atoms with E-state index in [0.29, 0.717) is 11.0 Å². The Hall–Kier alpha value is -2.10. The Labute approximate surface area is 85.1 Å². The summed E-state index contributed by atoms with van der Waals surface area (Å²) >= 11 is 0. The van der Waals surface area contributed by atoms with Gasteiger partial charge in [-0.1, -0.05) is 6.07 Å². The third-order valence-electron chi connectivity index (χ3n) is 2.22. The zero-order chi connectivity index (χ0) is 11.0. The summed E-state index contributed by atoms with van der Waals surface area (Å²) in [6.07, 6.45) is 1.50. The minimum absolute atomic E-state index is 0.172. The monoisotopic (exact) mass is 204 g/mol. The van der Waals surface area contributed by atoms with Gasteiger partial charge in [-0.05, 0) is 24.6 Å². The number of hydrogen-bond acceptors (Lipinski definition) is 3. The van der Waals surface area contributed by atoms with Crippen molar-refractivity contribution in [2.75, 3.05) is 0 Å². The molecule has 0 spiro atoms. The van der Waals surface area contributed by atoms with Crippen molar-refractivity contribution in [3.05, 3.63) is 35.6 Å². The molecule has 76 valence electrons. The van der Waals surface area contributed by atoms with Gasteiger partial charge in [0, 0.05) is 10.9 Å². The Morgan fingerprint density at radius 3 is 2.73 bits per heavy atom. The van der Waals surface area contributed by atoms with Crippen molar-refractivity contribution < 1.29 is 19.1 Å². The molecule has 2 rings (SSSR count). The molecule has 4 nitrogen and oxygen atoms in total. The highest BCUT2D eigenvalue weighted by Gasteiger charge is 2.19. The van der Waals surface area contributed by atoms with Gasteiger partial charge in [0.2, 0.25) is 0 Å². The Kier molecular flexibility index (Phi) is 2.04. The summed E-state index contributed by atoms with van der Waals surface area (Å²) in [5.41, 5.74) is 1.46. The highest BCUT2D eigenvalue weighted by atomic mass is 16.4. The van der Waals surface area contributed by atoms with Crippen molar-refractivity contribution in [2.45, 2.75) is 6.92 Å². The summed E-state index contributed by atoms with van der Waals surface area (Å²) in [5, 5.41) is 9.22. The Morgan fingerprint density at radius 1 is 1.33 bits per heavy atom. The molecule has 15 heavy (non-hydrogen) atoms. The van der Waals surface area contributed by atoms with Crippen LogP contribution >= 0.6 is 0 Å². The molecule has 0 aliphatic heterocycles. The number of carboxylic acids is 1. The second kappa shape index (κ2) is 3.24. The summed E-state index contributed by atoms with van der Waals surface area (Å²) in [7, 11) is 0. The highest BCUT2D eigenvalue weighted by molar-refractivity contribution is 6.42. The SMILES string of the molecule is Cc1coc2cccc(C(=O)C(=O)O)c12. The van der Waals surface area contributed by atoms with E-state index in [1.807, 2.05) is 0 Å². The normalized spacial score (nSPS) is 10.5. The predicted octanol–water partition coefficient (Wildman–Crippen LogP) is 2.01. The fraction of sp³-hybridized carbons (Fsp3) is 0.0909. The molecule has 2 aromatic rings. The molecule has 0 atom stereocenters. The van der Waals surface area contributed by atoms with Crippen LogP contribution in [0.4, 0.5) is 0 Å². The largest absolute Gasteiger partial charge is 0.475 e. The van der Waals surface area contributed by atoms with Crippen LogP contribution in [0.15, 0.2) is 28.9 Å². The lowest BCUT2D eigenvalue weighted by Crippen LogP contribution is -2.12. The van der Waals surface area contributed by atoms with Gasteiger partial charge in [-0.25, -0.2) is 4.79 Å². The first-order valence-electron chi connectivity index (χ1n) is 4.35. The van der Waals surface area contributed by atoms with E-state index in [0.717, 1.165) is 5.56 Å². The summed E-state index contributed by atoms with van der Waals surface area (Å²) < 4.78 is 5.17. The molecular weight excluding hydrogens is 196 g/mol. The van der Waals surface area contributed by atoms with E-state index in [9.17, 15) is 9.59 Å². The first-order chi connectivity index (χ1) is 7.11. The summed E-state index contributed by atoms with van der Waals surface area (Å²) in [5.74, 6) is -2.37. The van der Waals surface area contributed by atoms with Gasteiger partial charge in [0.1, 0.15) is 5.58 Å². The third-order valence-corrected chi connectivity index (χ3v) is 2.22. The van der Waals surface area contributed by atoms with Gasteiger partial charge in [-0.2, -0.15) is 0 Å². The number of rotatable bonds is 2. The second-order valence-corrected chi connectivity index (χ2v) is 3.23. The highest BCUT2D eigenvalue weighted by Crippen LogP contribution is 2.24. The first-order valence-corrected chi connectivity index (χ1v) is 4.35. The molecule has 0 saturated heterocycles. The summed E-state index contributed by atoms with van der Waals surface area (Å²) in [6.45, 7) is 1.77. The molecule has 0 saturated carbocycles. The Bertz CT molecular complexity index is 551. The molecule has 0 unspecified atom stereocenters. The Morgan fingerprint density at radius 2 is 2.07 bits per heavy atom. The zero-order valence-corrected chi connectivity index (χ0v) is 7.98. The van der Waals surface area contributed by atoms with Crippen LogP contribution in [-0.4, -0.2) is 16.9 Å². The van der Waals surface area contributed by atoms with Gasteiger partial charge in [0.05, 0.1) is 6.26 Å². The summed E-state index contributed by atoms with van der Waals surface area (Å²) in [4.78, 5) is 22.0. The molecule has 0 bridgehead atoms. The van der Waals surface area contributed by atoms with Crippen LogP contribution in [0.2, 0.25) is 0 Å². The van der Waals surface area contributed by atoms with Crippen LogP contribution in [0.25, 0.3) is 11.0 Å². The number of carbonyl (C=O) groups excluding carboxylic acids is 1. The fourth-order valence-electron chi connectivity index (χ4n) is 1.55. The molecule has 1 aromatic carbocycles. The van der Waals surface area contributed by atoms with Crippen molar-refractivity contribution in [1.29, 1.82) is 0 Å². The molecule has 1 aromatic heterocycles. The van der Waals surface area contributed by atoms with Crippen molar-refractivity contribution in [3.8, 4) is 0 Å². The number of Topliss-reactive ketones (excluding diaryl/α,β-unsaturated/α-hetero) is 1. The van der Waals surface area contributed by atoms with Crippen molar-refractivity contribution in [3.63, 3.8) is 0 Å². The van der Waals surface area contributed by atoms with E-state index in [1.165, 1.54) is 12.3 Å². The molecule has 1 heterocycles.